The van der Waals surface area contributed by atoms with Crippen molar-refractivity contribution in [3.05, 3.63) is 72.9 Å². The van der Waals surface area contributed by atoms with Crippen molar-refractivity contribution in [2.24, 2.45) is 0 Å². The minimum Gasteiger partial charge on any atom is -0.462 e. The molecule has 0 saturated carbocycles. The zero-order valence-corrected chi connectivity index (χ0v) is 37.8. The van der Waals surface area contributed by atoms with Crippen LogP contribution < -0.4 is 0 Å². The molecule has 0 aliphatic rings. The highest BCUT2D eigenvalue weighted by atomic mass is 16.6. The zero-order chi connectivity index (χ0) is 42.3. The lowest BCUT2D eigenvalue weighted by molar-refractivity contribution is -0.167. The van der Waals surface area contributed by atoms with E-state index < -0.39 is 6.10 Å². The van der Waals surface area contributed by atoms with E-state index in [0.717, 1.165) is 89.9 Å². The first-order valence-electron chi connectivity index (χ1n) is 23.9. The third-order valence-corrected chi connectivity index (χ3v) is 9.91. The van der Waals surface area contributed by atoms with Crippen molar-refractivity contribution in [3.8, 4) is 0 Å². The summed E-state index contributed by atoms with van der Waals surface area (Å²) >= 11 is 0. The second kappa shape index (κ2) is 46.5. The summed E-state index contributed by atoms with van der Waals surface area (Å²) < 4.78 is 16.7. The fraction of sp³-hybridized carbons (Fsp3) is 0.712. The third kappa shape index (κ3) is 44.0. The van der Waals surface area contributed by atoms with E-state index in [-0.39, 0.29) is 37.5 Å². The number of carbonyl (C=O) groups excluding carboxylic acids is 3. The highest BCUT2D eigenvalue weighted by Gasteiger charge is 2.19. The van der Waals surface area contributed by atoms with Gasteiger partial charge in [0.15, 0.2) is 6.10 Å². The molecule has 0 heterocycles. The molecule has 0 amide bonds. The van der Waals surface area contributed by atoms with Gasteiger partial charge < -0.3 is 14.2 Å². The largest absolute Gasteiger partial charge is 0.462 e. The molecule has 0 aromatic carbocycles. The molecule has 1 atom stereocenters. The molecule has 0 fully saturated rings. The maximum absolute atomic E-state index is 12.7. The van der Waals surface area contributed by atoms with Crippen molar-refractivity contribution in [1.29, 1.82) is 0 Å². The third-order valence-electron chi connectivity index (χ3n) is 9.91. The molecule has 332 valence electrons. The van der Waals surface area contributed by atoms with Crippen LogP contribution in [0.25, 0.3) is 0 Å². The molecule has 0 aromatic heterocycles. The fourth-order valence-corrected chi connectivity index (χ4v) is 6.31. The Morgan fingerprint density at radius 3 is 1.14 bits per heavy atom. The average Bonchev–Trinajstić information content (AvgIpc) is 3.22. The Labute approximate surface area is 357 Å². The van der Waals surface area contributed by atoms with E-state index in [2.05, 4.69) is 93.7 Å². The summed E-state index contributed by atoms with van der Waals surface area (Å²) in [4.78, 5) is 37.8. The lowest BCUT2D eigenvalue weighted by atomic mass is 10.1. The first-order chi connectivity index (χ1) is 28.5. The van der Waals surface area contributed by atoms with Gasteiger partial charge in [0.1, 0.15) is 13.2 Å². The van der Waals surface area contributed by atoms with Crippen LogP contribution in [0, 0.1) is 0 Å². The minimum absolute atomic E-state index is 0.0992. The van der Waals surface area contributed by atoms with Crippen molar-refractivity contribution in [1.82, 2.24) is 0 Å². The quantitative estimate of drug-likeness (QED) is 0.0264. The second-order valence-corrected chi connectivity index (χ2v) is 15.6. The van der Waals surface area contributed by atoms with Crippen LogP contribution in [0.1, 0.15) is 220 Å². The van der Waals surface area contributed by atoms with Crippen LogP contribution >= 0.6 is 0 Å². The van der Waals surface area contributed by atoms with Crippen LogP contribution in [0.2, 0.25) is 0 Å². The highest BCUT2D eigenvalue weighted by molar-refractivity contribution is 5.71. The van der Waals surface area contributed by atoms with Crippen molar-refractivity contribution >= 4 is 17.9 Å². The van der Waals surface area contributed by atoms with Gasteiger partial charge in [0.2, 0.25) is 0 Å². The summed E-state index contributed by atoms with van der Waals surface area (Å²) in [7, 11) is 0. The maximum Gasteiger partial charge on any atom is 0.306 e. The summed E-state index contributed by atoms with van der Waals surface area (Å²) in [5, 5.41) is 0. The fourth-order valence-electron chi connectivity index (χ4n) is 6.31. The number of rotatable bonds is 42. The number of carbonyl (C=O) groups is 3. The van der Waals surface area contributed by atoms with E-state index in [9.17, 15) is 14.4 Å². The van der Waals surface area contributed by atoms with Crippen LogP contribution in [0.4, 0.5) is 0 Å². The van der Waals surface area contributed by atoms with Gasteiger partial charge in [0.05, 0.1) is 0 Å². The molecule has 0 aliphatic heterocycles. The van der Waals surface area contributed by atoms with Gasteiger partial charge >= 0.3 is 17.9 Å². The predicted molar refractivity (Wildman–Crippen MR) is 247 cm³/mol. The van der Waals surface area contributed by atoms with Gasteiger partial charge in [-0.3, -0.25) is 14.4 Å². The molecule has 0 aromatic rings. The van der Waals surface area contributed by atoms with Gasteiger partial charge in [-0.1, -0.05) is 171 Å². The molecule has 6 nitrogen and oxygen atoms in total. The van der Waals surface area contributed by atoms with Gasteiger partial charge in [0.25, 0.3) is 0 Å². The van der Waals surface area contributed by atoms with E-state index in [1.165, 1.54) is 83.5 Å². The van der Waals surface area contributed by atoms with E-state index >= 15 is 0 Å². The Morgan fingerprint density at radius 2 is 0.690 bits per heavy atom. The van der Waals surface area contributed by atoms with E-state index in [1.54, 1.807) is 0 Å². The standard InChI is InChI=1S/C52H88O6/c1-4-7-10-13-16-19-22-24-25-26-27-28-31-33-36-39-42-45-51(54)57-48-49(47-56-50(53)44-41-38-35-32-29-21-18-15-12-9-6-3)58-52(55)46-43-40-37-34-30-23-20-17-14-11-8-5-2/h9,12,16-21,24-25,32,35,49H,4-8,10-11,13-15,22-23,26-31,33-34,36-48H2,1-3H3/b12-9-,19-16-,20-17-,21-18-,25-24-,35-32-. The van der Waals surface area contributed by atoms with E-state index in [1.807, 2.05) is 0 Å². The summed E-state index contributed by atoms with van der Waals surface area (Å²) in [5.41, 5.74) is 0. The SMILES string of the molecule is CC/C=C\C/C=C\C/C=C\CCCC(=O)OCC(COC(=O)CCCCCCCCC/C=C\C/C=C\CCCCC)OC(=O)CCCCCCC/C=C\CCCCC. The number of allylic oxidation sites excluding steroid dienone is 12. The smallest absolute Gasteiger partial charge is 0.306 e. The second-order valence-electron chi connectivity index (χ2n) is 15.6. The summed E-state index contributed by atoms with van der Waals surface area (Å²) in [6.45, 7) is 6.39. The minimum atomic E-state index is -0.801. The van der Waals surface area contributed by atoms with Crippen molar-refractivity contribution < 1.29 is 28.6 Å². The average molecular weight is 809 g/mol. The van der Waals surface area contributed by atoms with Crippen LogP contribution in [0.3, 0.4) is 0 Å². The van der Waals surface area contributed by atoms with Gasteiger partial charge in [-0.15, -0.1) is 0 Å². The van der Waals surface area contributed by atoms with Crippen LogP contribution in [0.15, 0.2) is 72.9 Å². The maximum atomic E-state index is 12.7. The molecule has 0 N–H and O–H groups in total. The first-order valence-corrected chi connectivity index (χ1v) is 23.9. The Kier molecular flexibility index (Phi) is 44.0. The van der Waals surface area contributed by atoms with Crippen LogP contribution in [0.5, 0.6) is 0 Å². The molecule has 0 radical (unpaired) electrons. The topological polar surface area (TPSA) is 78.9 Å². The molecule has 0 rings (SSSR count). The lowest BCUT2D eigenvalue weighted by Crippen LogP contribution is -2.30. The first kappa shape index (κ1) is 54.9. The molecule has 0 saturated heterocycles. The van der Waals surface area contributed by atoms with Crippen LogP contribution in [-0.2, 0) is 28.6 Å². The van der Waals surface area contributed by atoms with Crippen molar-refractivity contribution in [2.75, 3.05) is 13.2 Å². The predicted octanol–water partition coefficient (Wildman–Crippen LogP) is 15.5. The summed E-state index contributed by atoms with van der Waals surface area (Å²) in [6, 6.07) is 0. The number of esters is 3. The molecule has 6 heteroatoms. The Bertz CT molecular complexity index is 1110. The zero-order valence-electron chi connectivity index (χ0n) is 37.8. The number of ether oxygens (including phenoxy) is 3. The Balaban J connectivity index is 4.42. The Morgan fingerprint density at radius 1 is 0.362 bits per heavy atom. The number of hydrogen-bond acceptors (Lipinski definition) is 6. The summed E-state index contributed by atoms with van der Waals surface area (Å²) in [6.07, 6.45) is 57.5. The molecular formula is C52H88O6. The number of unbranched alkanes of at least 4 members (excludes halogenated alkanes) is 19. The Hall–Kier alpha value is -3.15. The molecule has 0 aliphatic carbocycles. The summed E-state index contributed by atoms with van der Waals surface area (Å²) in [5.74, 6) is -0.976. The van der Waals surface area contributed by atoms with Gasteiger partial charge in [-0.25, -0.2) is 0 Å². The monoisotopic (exact) mass is 809 g/mol. The van der Waals surface area contributed by atoms with Gasteiger partial charge in [-0.05, 0) is 103 Å². The van der Waals surface area contributed by atoms with Crippen molar-refractivity contribution in [3.63, 3.8) is 0 Å². The molecule has 0 bridgehead atoms. The van der Waals surface area contributed by atoms with Gasteiger partial charge in [-0.2, -0.15) is 0 Å². The van der Waals surface area contributed by atoms with E-state index in [4.69, 9.17) is 14.2 Å². The molecule has 58 heavy (non-hydrogen) atoms. The highest BCUT2D eigenvalue weighted by Crippen LogP contribution is 2.13. The lowest BCUT2D eigenvalue weighted by Gasteiger charge is -2.18. The normalized spacial score (nSPS) is 12.7. The van der Waals surface area contributed by atoms with E-state index in [0.29, 0.717) is 19.3 Å². The van der Waals surface area contributed by atoms with Crippen LogP contribution in [-0.4, -0.2) is 37.2 Å². The van der Waals surface area contributed by atoms with Gasteiger partial charge in [0, 0.05) is 19.3 Å². The van der Waals surface area contributed by atoms with Crippen molar-refractivity contribution in [2.45, 2.75) is 226 Å². The molecular weight excluding hydrogens is 721 g/mol. The molecule has 0 spiro atoms. The molecule has 1 unspecified atom stereocenters. The number of hydrogen-bond donors (Lipinski definition) is 0.